The lowest BCUT2D eigenvalue weighted by Crippen LogP contribution is -2.46. The number of hydrogen-bond acceptors (Lipinski definition) is 4. The van der Waals surface area contributed by atoms with E-state index in [0.29, 0.717) is 18.7 Å². The van der Waals surface area contributed by atoms with Crippen LogP contribution >= 0.6 is 0 Å². The number of nitrogens with one attached hydrogen (secondary N) is 1. The van der Waals surface area contributed by atoms with Crippen molar-refractivity contribution in [3.05, 3.63) is 35.4 Å². The molecule has 104 valence electrons. The highest BCUT2D eigenvalue weighted by Crippen LogP contribution is 2.15. The molecule has 0 radical (unpaired) electrons. The molecule has 2 N–H and O–H groups in total. The Hall–Kier alpha value is -1.41. The number of likely N-dealkylation sites (N-methyl/N-ethyl adjacent to an activating group) is 1. The SMILES string of the molecule is CC(NCC(C)(O)CN(C)C)c1cccc(C#N)c1. The van der Waals surface area contributed by atoms with E-state index in [2.05, 4.69) is 11.4 Å². The molecule has 0 bridgehead atoms. The first-order chi connectivity index (χ1) is 8.84. The van der Waals surface area contributed by atoms with Gasteiger partial charge in [0.05, 0.1) is 17.2 Å². The lowest BCUT2D eigenvalue weighted by molar-refractivity contribution is 0.0317. The molecule has 0 aliphatic heterocycles. The maximum atomic E-state index is 10.2. The summed E-state index contributed by atoms with van der Waals surface area (Å²) in [6, 6.07) is 9.76. The lowest BCUT2D eigenvalue weighted by atomic mass is 10.0. The molecule has 1 aromatic rings. The van der Waals surface area contributed by atoms with E-state index in [4.69, 9.17) is 5.26 Å². The summed E-state index contributed by atoms with van der Waals surface area (Å²) in [7, 11) is 3.88. The molecule has 0 fully saturated rings. The molecule has 4 heteroatoms. The summed E-state index contributed by atoms with van der Waals surface area (Å²) < 4.78 is 0. The fourth-order valence-corrected chi connectivity index (χ4v) is 2.11. The van der Waals surface area contributed by atoms with Crippen LogP contribution in [0.5, 0.6) is 0 Å². The van der Waals surface area contributed by atoms with Gasteiger partial charge in [-0.1, -0.05) is 12.1 Å². The van der Waals surface area contributed by atoms with Crippen molar-refractivity contribution in [2.24, 2.45) is 0 Å². The van der Waals surface area contributed by atoms with E-state index in [0.717, 1.165) is 5.56 Å². The van der Waals surface area contributed by atoms with Crippen LogP contribution in [0.15, 0.2) is 24.3 Å². The zero-order chi connectivity index (χ0) is 14.5. The van der Waals surface area contributed by atoms with E-state index in [1.54, 1.807) is 6.07 Å². The van der Waals surface area contributed by atoms with Crippen molar-refractivity contribution in [1.82, 2.24) is 10.2 Å². The Kier molecular flexibility index (Phi) is 5.49. The van der Waals surface area contributed by atoms with Crippen molar-refractivity contribution < 1.29 is 5.11 Å². The van der Waals surface area contributed by atoms with Gasteiger partial charge >= 0.3 is 0 Å². The second-order valence-corrected chi connectivity index (χ2v) is 5.57. The zero-order valence-electron chi connectivity index (χ0n) is 12.1. The number of hydrogen-bond donors (Lipinski definition) is 2. The fraction of sp³-hybridized carbons (Fsp3) is 0.533. The van der Waals surface area contributed by atoms with Crippen molar-refractivity contribution in [3.63, 3.8) is 0 Å². The minimum absolute atomic E-state index is 0.0990. The summed E-state index contributed by atoms with van der Waals surface area (Å²) in [5.41, 5.74) is 0.941. The molecule has 0 amide bonds. The molecular weight excluding hydrogens is 238 g/mol. The van der Waals surface area contributed by atoms with Crippen molar-refractivity contribution in [2.45, 2.75) is 25.5 Å². The van der Waals surface area contributed by atoms with Gasteiger partial charge < -0.3 is 15.3 Å². The first kappa shape index (κ1) is 15.6. The van der Waals surface area contributed by atoms with Gasteiger partial charge in [0.1, 0.15) is 0 Å². The minimum atomic E-state index is -0.773. The Morgan fingerprint density at radius 2 is 2.16 bits per heavy atom. The van der Waals surface area contributed by atoms with Crippen molar-refractivity contribution >= 4 is 0 Å². The third kappa shape index (κ3) is 5.39. The molecule has 0 saturated carbocycles. The van der Waals surface area contributed by atoms with Crippen molar-refractivity contribution in [2.75, 3.05) is 27.2 Å². The number of benzene rings is 1. The van der Waals surface area contributed by atoms with E-state index in [1.807, 2.05) is 51.0 Å². The van der Waals surface area contributed by atoms with Gasteiger partial charge in [-0.05, 0) is 45.6 Å². The first-order valence-electron chi connectivity index (χ1n) is 6.44. The molecule has 0 heterocycles. The topological polar surface area (TPSA) is 59.3 Å². The molecule has 19 heavy (non-hydrogen) atoms. The molecule has 1 aromatic carbocycles. The Labute approximate surface area is 115 Å². The van der Waals surface area contributed by atoms with Gasteiger partial charge in [0, 0.05) is 19.1 Å². The van der Waals surface area contributed by atoms with Gasteiger partial charge in [0.15, 0.2) is 0 Å². The second-order valence-electron chi connectivity index (χ2n) is 5.57. The molecule has 0 spiro atoms. The zero-order valence-corrected chi connectivity index (χ0v) is 12.1. The average Bonchev–Trinajstić information content (AvgIpc) is 2.34. The summed E-state index contributed by atoms with van der Waals surface area (Å²) >= 11 is 0. The average molecular weight is 261 g/mol. The molecule has 2 atom stereocenters. The molecule has 0 aliphatic carbocycles. The third-order valence-corrected chi connectivity index (χ3v) is 2.96. The Balaban J connectivity index is 2.60. The largest absolute Gasteiger partial charge is 0.388 e. The van der Waals surface area contributed by atoms with E-state index in [1.165, 1.54) is 0 Å². The molecule has 2 unspecified atom stereocenters. The van der Waals surface area contributed by atoms with Crippen LogP contribution in [0.1, 0.15) is 31.0 Å². The molecule has 0 saturated heterocycles. The Bertz CT molecular complexity index is 449. The van der Waals surface area contributed by atoms with Crippen LogP contribution in [0.3, 0.4) is 0 Å². The van der Waals surface area contributed by atoms with Gasteiger partial charge in [-0.15, -0.1) is 0 Å². The monoisotopic (exact) mass is 261 g/mol. The number of rotatable bonds is 6. The number of nitriles is 1. The quantitative estimate of drug-likeness (QED) is 0.815. The van der Waals surface area contributed by atoms with Crippen LogP contribution in [-0.2, 0) is 0 Å². The van der Waals surface area contributed by atoms with Crippen LogP contribution in [0.4, 0.5) is 0 Å². The summed E-state index contributed by atoms with van der Waals surface area (Å²) in [5, 5.41) is 22.4. The maximum absolute atomic E-state index is 10.2. The van der Waals surface area contributed by atoms with E-state index >= 15 is 0 Å². The van der Waals surface area contributed by atoms with Gasteiger partial charge in [-0.3, -0.25) is 0 Å². The fourth-order valence-electron chi connectivity index (χ4n) is 2.11. The third-order valence-electron chi connectivity index (χ3n) is 2.96. The van der Waals surface area contributed by atoms with Gasteiger partial charge in [0.25, 0.3) is 0 Å². The summed E-state index contributed by atoms with van der Waals surface area (Å²) in [6.45, 7) is 4.95. The predicted molar refractivity (Wildman–Crippen MR) is 76.8 cm³/mol. The molecular formula is C15H23N3O. The maximum Gasteiger partial charge on any atom is 0.0991 e. The Morgan fingerprint density at radius 3 is 2.74 bits per heavy atom. The molecule has 0 aromatic heterocycles. The predicted octanol–water partition coefficient (Wildman–Crippen LogP) is 1.52. The summed E-state index contributed by atoms with van der Waals surface area (Å²) in [6.07, 6.45) is 0. The molecule has 4 nitrogen and oxygen atoms in total. The first-order valence-corrected chi connectivity index (χ1v) is 6.44. The summed E-state index contributed by atoms with van der Waals surface area (Å²) in [5.74, 6) is 0. The number of aliphatic hydroxyl groups is 1. The number of nitrogens with zero attached hydrogens (tertiary/aromatic N) is 2. The lowest BCUT2D eigenvalue weighted by Gasteiger charge is -2.29. The minimum Gasteiger partial charge on any atom is -0.388 e. The van der Waals surface area contributed by atoms with Gasteiger partial charge in [-0.25, -0.2) is 0 Å². The normalized spacial score (nSPS) is 15.8. The second kappa shape index (κ2) is 6.67. The van der Waals surface area contributed by atoms with Crippen LogP contribution in [-0.4, -0.2) is 42.8 Å². The van der Waals surface area contributed by atoms with Crippen LogP contribution in [0.25, 0.3) is 0 Å². The standard InChI is InChI=1S/C15H23N3O/c1-12(14-7-5-6-13(8-14)9-16)17-10-15(2,19)11-18(3)4/h5-8,12,17,19H,10-11H2,1-4H3. The highest BCUT2D eigenvalue weighted by molar-refractivity contribution is 5.34. The molecule has 1 rings (SSSR count). The molecule has 0 aliphatic rings. The smallest absolute Gasteiger partial charge is 0.0991 e. The Morgan fingerprint density at radius 1 is 1.47 bits per heavy atom. The highest BCUT2D eigenvalue weighted by Gasteiger charge is 2.22. The van der Waals surface area contributed by atoms with Crippen LogP contribution in [0, 0.1) is 11.3 Å². The summed E-state index contributed by atoms with van der Waals surface area (Å²) in [4.78, 5) is 1.96. The highest BCUT2D eigenvalue weighted by atomic mass is 16.3. The van der Waals surface area contributed by atoms with Crippen molar-refractivity contribution in [1.29, 1.82) is 5.26 Å². The van der Waals surface area contributed by atoms with E-state index < -0.39 is 5.60 Å². The van der Waals surface area contributed by atoms with Crippen LogP contribution in [0.2, 0.25) is 0 Å². The van der Waals surface area contributed by atoms with Gasteiger partial charge in [-0.2, -0.15) is 5.26 Å². The van der Waals surface area contributed by atoms with E-state index in [9.17, 15) is 5.11 Å². The van der Waals surface area contributed by atoms with Crippen molar-refractivity contribution in [3.8, 4) is 6.07 Å². The van der Waals surface area contributed by atoms with E-state index in [-0.39, 0.29) is 6.04 Å². The van der Waals surface area contributed by atoms with Crippen LogP contribution < -0.4 is 5.32 Å². The van der Waals surface area contributed by atoms with Gasteiger partial charge in [0.2, 0.25) is 0 Å².